The standard InChI is InChI=1S/C40H48ClN5O5S/c1-27-5-3-7-36(50-2)33-11-8-30(33)19-46-24-40(14-4-6-28-17-31(41)10-12-34(28)40)25-51-37-13-9-29(18-35(37)46)39(48)43-52(49,22-27)23-38(47)45-20-32(21-45)44-16-15-42-26-44/h3,7,9-10,12-13,15-18,26-27,30,32-33,36H,4-6,8,11,14,19-25H2,1-2H3/b7-3+/t27-,30-,33+,36-,40-,52+/m0/s1. The SMILES string of the molecule is CO[C@H]1/C=C/C[C@H](C)C[S@@](=O)(CC(=O)N2CC(n3ccnc3)C2)=NC(=O)c2ccc3c(c2)N(C[C@@H]2CC[C@H]21)C[C@@]1(CCCc2cc(Cl)ccc21)CO3. The van der Waals surface area contributed by atoms with Gasteiger partial charge in [0, 0.05) is 67.4 Å². The van der Waals surface area contributed by atoms with Crippen LogP contribution in [0.25, 0.3) is 0 Å². The van der Waals surface area contributed by atoms with Crippen molar-refractivity contribution in [3.05, 3.63) is 89.0 Å². The van der Waals surface area contributed by atoms with Crippen molar-refractivity contribution in [3.63, 3.8) is 0 Å². The number of allylic oxidation sites excluding steroid dienone is 1. The first-order chi connectivity index (χ1) is 25.1. The number of hydrogen-bond donors (Lipinski definition) is 0. The van der Waals surface area contributed by atoms with Crippen molar-refractivity contribution in [1.29, 1.82) is 0 Å². The summed E-state index contributed by atoms with van der Waals surface area (Å²) in [6.07, 6.45) is 15.4. The number of carbonyl (C=O) groups is 2. The molecule has 1 spiro atoms. The van der Waals surface area contributed by atoms with Crippen molar-refractivity contribution in [1.82, 2.24) is 14.5 Å². The van der Waals surface area contributed by atoms with E-state index in [1.54, 1.807) is 30.6 Å². The summed E-state index contributed by atoms with van der Waals surface area (Å²) in [5.74, 6) is 0.466. The van der Waals surface area contributed by atoms with Crippen molar-refractivity contribution >= 4 is 38.8 Å². The number of amides is 2. The molecule has 2 bridgehead atoms. The van der Waals surface area contributed by atoms with Gasteiger partial charge < -0.3 is 23.8 Å². The zero-order valence-corrected chi connectivity index (χ0v) is 31.6. The molecule has 12 heteroatoms. The summed E-state index contributed by atoms with van der Waals surface area (Å²) < 4.78 is 33.8. The minimum Gasteiger partial charge on any atom is -0.490 e. The third kappa shape index (κ3) is 6.92. The summed E-state index contributed by atoms with van der Waals surface area (Å²) in [4.78, 5) is 35.8. The van der Waals surface area contributed by atoms with Crippen LogP contribution in [0.2, 0.25) is 5.02 Å². The van der Waals surface area contributed by atoms with Crippen molar-refractivity contribution in [2.24, 2.45) is 22.1 Å². The number of nitrogens with zero attached hydrogens (tertiary/aromatic N) is 5. The minimum atomic E-state index is -3.24. The summed E-state index contributed by atoms with van der Waals surface area (Å²) in [6, 6.07) is 11.9. The normalized spacial score (nSPS) is 31.2. The molecular formula is C40H48ClN5O5S. The maximum atomic E-state index is 14.7. The van der Waals surface area contributed by atoms with Gasteiger partial charge in [-0.3, -0.25) is 9.59 Å². The molecule has 3 aliphatic heterocycles. The summed E-state index contributed by atoms with van der Waals surface area (Å²) in [5.41, 5.74) is 3.52. The van der Waals surface area contributed by atoms with Gasteiger partial charge in [0.05, 0.1) is 40.5 Å². The molecule has 5 aliphatic rings. The Balaban J connectivity index is 1.15. The summed E-state index contributed by atoms with van der Waals surface area (Å²) in [5, 5.41) is 0.748. The Labute approximate surface area is 311 Å². The first-order valence-corrected chi connectivity index (χ1v) is 20.9. The van der Waals surface area contributed by atoms with Crippen molar-refractivity contribution in [3.8, 4) is 5.75 Å². The van der Waals surface area contributed by atoms with Gasteiger partial charge in [-0.2, -0.15) is 4.36 Å². The fourth-order valence-corrected chi connectivity index (χ4v) is 11.5. The van der Waals surface area contributed by atoms with Crippen LogP contribution < -0.4 is 9.64 Å². The Kier molecular flexibility index (Phi) is 9.72. The summed E-state index contributed by atoms with van der Waals surface area (Å²) >= 11 is 6.47. The maximum Gasteiger partial charge on any atom is 0.285 e. The highest BCUT2D eigenvalue weighted by molar-refractivity contribution is 7.94. The van der Waals surface area contributed by atoms with E-state index in [-0.39, 0.29) is 40.9 Å². The second-order valence-corrected chi connectivity index (χ2v) is 18.5. The topological polar surface area (TPSA) is 106 Å². The molecular weight excluding hydrogens is 698 g/mol. The number of hydrogen-bond acceptors (Lipinski definition) is 7. The van der Waals surface area contributed by atoms with Gasteiger partial charge >= 0.3 is 0 Å². The number of likely N-dealkylation sites (tertiary alicyclic amines) is 1. The van der Waals surface area contributed by atoms with Crippen LogP contribution in [0, 0.1) is 17.8 Å². The van der Waals surface area contributed by atoms with E-state index in [9.17, 15) is 13.8 Å². The fraction of sp³-hybridized carbons (Fsp3) is 0.525. The molecule has 1 saturated carbocycles. The molecule has 0 N–H and O–H groups in total. The first kappa shape index (κ1) is 35.4. The Morgan fingerprint density at radius 3 is 2.79 bits per heavy atom. The molecule has 8 rings (SSSR count). The molecule has 4 heterocycles. The molecule has 2 amide bonds. The third-order valence-electron chi connectivity index (χ3n) is 12.1. The van der Waals surface area contributed by atoms with Gasteiger partial charge in [0.25, 0.3) is 5.91 Å². The van der Waals surface area contributed by atoms with Gasteiger partial charge in [-0.15, -0.1) is 0 Å². The Morgan fingerprint density at radius 2 is 2.02 bits per heavy atom. The van der Waals surface area contributed by atoms with Crippen LogP contribution >= 0.6 is 11.6 Å². The van der Waals surface area contributed by atoms with Crippen LogP contribution in [0.4, 0.5) is 5.69 Å². The van der Waals surface area contributed by atoms with E-state index in [1.165, 1.54) is 11.1 Å². The molecule has 0 unspecified atom stereocenters. The van der Waals surface area contributed by atoms with Crippen LogP contribution in [0.5, 0.6) is 5.75 Å². The molecule has 2 fully saturated rings. The van der Waals surface area contributed by atoms with Gasteiger partial charge in [-0.05, 0) is 97.7 Å². The number of anilines is 1. The van der Waals surface area contributed by atoms with E-state index < -0.39 is 15.6 Å². The van der Waals surface area contributed by atoms with Gasteiger partial charge in [0.15, 0.2) is 0 Å². The van der Waals surface area contributed by atoms with Crippen LogP contribution in [0.1, 0.15) is 66.6 Å². The number of imidazole rings is 1. The van der Waals surface area contributed by atoms with E-state index in [0.717, 1.165) is 61.7 Å². The van der Waals surface area contributed by atoms with Crippen LogP contribution in [0.3, 0.4) is 0 Å². The van der Waals surface area contributed by atoms with Crippen LogP contribution in [-0.4, -0.2) is 88.0 Å². The average molecular weight is 746 g/mol. The predicted octanol–water partition coefficient (Wildman–Crippen LogP) is 6.34. The summed E-state index contributed by atoms with van der Waals surface area (Å²) in [7, 11) is -1.46. The highest BCUT2D eigenvalue weighted by Crippen LogP contribution is 2.47. The monoisotopic (exact) mass is 745 g/mol. The first-order valence-electron chi connectivity index (χ1n) is 18.6. The number of benzene rings is 2. The average Bonchev–Trinajstić information content (AvgIpc) is 3.56. The maximum absolute atomic E-state index is 14.7. The molecule has 276 valence electrons. The van der Waals surface area contributed by atoms with Gasteiger partial charge in [-0.1, -0.05) is 36.7 Å². The van der Waals surface area contributed by atoms with Gasteiger partial charge in [0.1, 0.15) is 11.5 Å². The molecule has 2 aromatic carbocycles. The van der Waals surface area contributed by atoms with Crippen molar-refractivity contribution < 1.29 is 23.3 Å². The van der Waals surface area contributed by atoms with Crippen LogP contribution in [-0.2, 0) is 31.1 Å². The van der Waals surface area contributed by atoms with E-state index in [0.29, 0.717) is 43.5 Å². The Bertz CT molecular complexity index is 1990. The quantitative estimate of drug-likeness (QED) is 0.287. The number of halogens is 1. The lowest BCUT2D eigenvalue weighted by Crippen LogP contribution is -2.52. The minimum absolute atomic E-state index is 0.0357. The molecule has 0 radical (unpaired) electrons. The number of fused-ring (bicyclic) bond motifs is 4. The van der Waals surface area contributed by atoms with E-state index >= 15 is 0 Å². The number of aromatic nitrogens is 2. The Hall–Kier alpha value is -3.67. The van der Waals surface area contributed by atoms with E-state index in [4.69, 9.17) is 21.1 Å². The number of methoxy groups -OCH3 is 1. The molecule has 52 heavy (non-hydrogen) atoms. The number of rotatable bonds is 4. The molecule has 2 aliphatic carbocycles. The predicted molar refractivity (Wildman–Crippen MR) is 203 cm³/mol. The fourth-order valence-electron chi connectivity index (χ4n) is 9.09. The second kappa shape index (κ2) is 14.3. The molecule has 6 atom stereocenters. The molecule has 3 aromatic rings. The van der Waals surface area contributed by atoms with Crippen LogP contribution in [0.15, 0.2) is 71.6 Å². The smallest absolute Gasteiger partial charge is 0.285 e. The zero-order valence-electron chi connectivity index (χ0n) is 30.0. The lowest BCUT2D eigenvalue weighted by atomic mass is 9.68. The second-order valence-electron chi connectivity index (χ2n) is 15.7. The zero-order chi connectivity index (χ0) is 36.0. The highest BCUT2D eigenvalue weighted by Gasteiger charge is 2.44. The lowest BCUT2D eigenvalue weighted by Gasteiger charge is -2.46. The summed E-state index contributed by atoms with van der Waals surface area (Å²) in [6.45, 7) is 5.08. The lowest BCUT2D eigenvalue weighted by molar-refractivity contribution is -0.134. The number of aryl methyl sites for hydroxylation is 1. The largest absolute Gasteiger partial charge is 0.490 e. The van der Waals surface area contributed by atoms with Crippen molar-refractivity contribution in [2.45, 2.75) is 63.0 Å². The molecule has 10 nitrogen and oxygen atoms in total. The highest BCUT2D eigenvalue weighted by atomic mass is 35.5. The number of ether oxygens (including phenoxy) is 2. The third-order valence-corrected chi connectivity index (χ3v) is 14.6. The van der Waals surface area contributed by atoms with Gasteiger partial charge in [-0.25, -0.2) is 9.19 Å². The molecule has 1 saturated heterocycles. The number of carbonyl (C=O) groups excluding carboxylic acids is 2. The molecule has 1 aromatic heterocycles. The van der Waals surface area contributed by atoms with E-state index in [1.807, 2.05) is 35.9 Å². The Morgan fingerprint density at radius 1 is 1.15 bits per heavy atom. The van der Waals surface area contributed by atoms with Crippen molar-refractivity contribution in [2.75, 3.05) is 56.3 Å². The van der Waals surface area contributed by atoms with Gasteiger partial charge in [0.2, 0.25) is 5.91 Å². The van der Waals surface area contributed by atoms with E-state index in [2.05, 4.69) is 38.5 Å².